The maximum absolute atomic E-state index is 12.2. The minimum Gasteiger partial charge on any atom is -0.507 e. The van der Waals surface area contributed by atoms with E-state index in [1.165, 1.54) is 6.07 Å². The van der Waals surface area contributed by atoms with E-state index in [4.69, 9.17) is 0 Å². The van der Waals surface area contributed by atoms with Crippen LogP contribution in [0.5, 0.6) is 5.75 Å². The zero-order valence-corrected chi connectivity index (χ0v) is 12.9. The number of aromatic hydroxyl groups is 1. The fourth-order valence-electron chi connectivity index (χ4n) is 3.27. The van der Waals surface area contributed by atoms with E-state index in [0.717, 1.165) is 24.0 Å². The zero-order chi connectivity index (χ0) is 16.9. The lowest BCUT2D eigenvalue weighted by Gasteiger charge is -2.14. The molecule has 122 valence electrons. The molecule has 2 aliphatic rings. The number of phenolic OH excluding ortho intramolecular Hbond substituents is 1. The van der Waals surface area contributed by atoms with Crippen molar-refractivity contribution >= 4 is 17.2 Å². The quantitative estimate of drug-likeness (QED) is 0.837. The van der Waals surface area contributed by atoms with Crippen LogP contribution in [0.1, 0.15) is 24.0 Å². The van der Waals surface area contributed by atoms with Crippen LogP contribution in [0, 0.1) is 0 Å². The van der Waals surface area contributed by atoms with Gasteiger partial charge in [0.1, 0.15) is 5.75 Å². The van der Waals surface area contributed by atoms with Gasteiger partial charge in [-0.25, -0.2) is 0 Å². The molecule has 1 amide bonds. The highest BCUT2D eigenvalue weighted by atomic mass is 19.3. The molecule has 0 radical (unpaired) electrons. The van der Waals surface area contributed by atoms with Crippen molar-refractivity contribution in [2.24, 2.45) is 0 Å². The molecule has 1 aliphatic heterocycles. The highest BCUT2D eigenvalue weighted by molar-refractivity contribution is 6.31. The van der Waals surface area contributed by atoms with Crippen LogP contribution < -0.4 is 5.32 Å². The van der Waals surface area contributed by atoms with E-state index < -0.39 is 0 Å². The van der Waals surface area contributed by atoms with Gasteiger partial charge in [-0.05, 0) is 34.6 Å². The summed E-state index contributed by atoms with van der Waals surface area (Å²) in [5, 5.41) is 12.9. The van der Waals surface area contributed by atoms with Crippen LogP contribution in [0.25, 0.3) is 16.7 Å². The molecule has 0 spiro atoms. The van der Waals surface area contributed by atoms with Gasteiger partial charge in [0.05, 0.1) is 12.3 Å². The highest BCUT2D eigenvalue weighted by Gasteiger charge is 2.45. The molecule has 1 aliphatic carbocycles. The number of fused-ring (bicyclic) bond motifs is 1. The number of carbonyl (C=O) groups excluding carboxylic acids is 1. The van der Waals surface area contributed by atoms with Crippen molar-refractivity contribution in [1.29, 1.82) is 0 Å². The Morgan fingerprint density at radius 1 is 1.21 bits per heavy atom. The van der Waals surface area contributed by atoms with Gasteiger partial charge < -0.3 is 10.4 Å². The molecule has 2 N–H and O–H groups in total. The molecule has 2 aromatic carbocycles. The Morgan fingerprint density at radius 3 is 2.54 bits per heavy atom. The number of anilines is 1. The molecule has 24 heavy (non-hydrogen) atoms. The van der Waals surface area contributed by atoms with Crippen LogP contribution >= 0.6 is 0 Å². The monoisotopic (exact) mass is 325 g/mol. The first-order valence-electron chi connectivity index (χ1n) is 7.76. The molecule has 0 saturated heterocycles. The van der Waals surface area contributed by atoms with Crippen LogP contribution in [0.3, 0.4) is 0 Å². The average Bonchev–Trinajstić information content (AvgIpc) is 3.30. The van der Waals surface area contributed by atoms with Gasteiger partial charge in [0.2, 0.25) is 0 Å². The maximum Gasteiger partial charge on any atom is 0.255 e. The van der Waals surface area contributed by atoms with Crippen molar-refractivity contribution in [3.63, 3.8) is 0 Å². The summed E-state index contributed by atoms with van der Waals surface area (Å²) in [6, 6.07) is 11.0. The van der Waals surface area contributed by atoms with Crippen LogP contribution in [0.2, 0.25) is 0 Å². The predicted octanol–water partition coefficient (Wildman–Crippen LogP) is 3.96. The SMILES string of the molecule is C=C1C(=O)Nc2cc(O)c(-c3ccc(C4(COF)CC4)cc3)cc21. The van der Waals surface area contributed by atoms with E-state index in [1.807, 2.05) is 24.3 Å². The summed E-state index contributed by atoms with van der Waals surface area (Å²) in [7, 11) is 0. The Kier molecular flexibility index (Phi) is 3.21. The third kappa shape index (κ3) is 2.20. The molecular formula is C19H16FNO3. The van der Waals surface area contributed by atoms with Gasteiger partial charge in [-0.1, -0.05) is 30.8 Å². The first-order chi connectivity index (χ1) is 11.5. The summed E-state index contributed by atoms with van der Waals surface area (Å²) >= 11 is 0. The van der Waals surface area contributed by atoms with E-state index in [2.05, 4.69) is 16.8 Å². The highest BCUT2D eigenvalue weighted by Crippen LogP contribution is 2.49. The van der Waals surface area contributed by atoms with E-state index in [-0.39, 0.29) is 23.7 Å². The second-order valence-electron chi connectivity index (χ2n) is 6.46. The Bertz CT molecular complexity index is 854. The normalized spacial score (nSPS) is 17.5. The molecule has 4 rings (SSSR count). The Hall–Kier alpha value is -2.66. The number of halogens is 1. The smallest absolute Gasteiger partial charge is 0.255 e. The molecule has 0 bridgehead atoms. The standard InChI is InChI=1S/C19H16FNO3/c1-11-14-8-15(17(22)9-16(14)21-18(11)23)12-2-4-13(5-3-12)19(6-7-19)10-24-20/h2-5,8-9,22H,1,6-7,10H2,(H,21,23). The van der Waals surface area contributed by atoms with E-state index in [1.54, 1.807) is 6.07 Å². The third-order valence-electron chi connectivity index (χ3n) is 4.98. The molecule has 2 aromatic rings. The van der Waals surface area contributed by atoms with Gasteiger partial charge in [0.25, 0.3) is 5.91 Å². The zero-order valence-electron chi connectivity index (χ0n) is 12.9. The van der Waals surface area contributed by atoms with Gasteiger partial charge in [0, 0.05) is 28.2 Å². The first-order valence-corrected chi connectivity index (χ1v) is 7.76. The molecule has 4 nitrogen and oxygen atoms in total. The molecule has 0 unspecified atom stereocenters. The van der Waals surface area contributed by atoms with Gasteiger partial charge >= 0.3 is 0 Å². The molecule has 0 aromatic heterocycles. The molecule has 5 heteroatoms. The molecule has 1 fully saturated rings. The maximum atomic E-state index is 12.2. The lowest BCUT2D eigenvalue weighted by Crippen LogP contribution is -2.12. The fraction of sp³-hybridized carbons (Fsp3) is 0.211. The van der Waals surface area contributed by atoms with Crippen molar-refractivity contribution in [2.75, 3.05) is 11.9 Å². The lowest BCUT2D eigenvalue weighted by molar-refractivity contribution is -0.140. The van der Waals surface area contributed by atoms with Gasteiger partial charge in [-0.3, -0.25) is 4.79 Å². The second-order valence-corrected chi connectivity index (χ2v) is 6.46. The lowest BCUT2D eigenvalue weighted by atomic mass is 9.93. The molecular weight excluding hydrogens is 309 g/mol. The van der Waals surface area contributed by atoms with Crippen molar-refractivity contribution in [1.82, 2.24) is 0 Å². The van der Waals surface area contributed by atoms with Crippen molar-refractivity contribution in [2.45, 2.75) is 18.3 Å². The summed E-state index contributed by atoms with van der Waals surface area (Å²) in [6.07, 6.45) is 1.82. The summed E-state index contributed by atoms with van der Waals surface area (Å²) in [4.78, 5) is 15.5. The fourth-order valence-corrected chi connectivity index (χ4v) is 3.27. The van der Waals surface area contributed by atoms with Crippen LogP contribution in [-0.4, -0.2) is 17.6 Å². The van der Waals surface area contributed by atoms with Crippen LogP contribution in [-0.2, 0) is 15.2 Å². The van der Waals surface area contributed by atoms with E-state index in [9.17, 15) is 14.4 Å². The van der Waals surface area contributed by atoms with Crippen LogP contribution in [0.15, 0.2) is 43.0 Å². The van der Waals surface area contributed by atoms with Crippen molar-refractivity contribution in [3.8, 4) is 16.9 Å². The minimum absolute atomic E-state index is 0.0735. The van der Waals surface area contributed by atoms with Gasteiger partial charge in [-0.2, -0.15) is 4.94 Å². The third-order valence-corrected chi connectivity index (χ3v) is 4.98. The number of amides is 1. The second kappa shape index (κ2) is 5.18. The predicted molar refractivity (Wildman–Crippen MR) is 89.2 cm³/mol. The number of hydrogen-bond acceptors (Lipinski definition) is 3. The number of hydrogen-bond donors (Lipinski definition) is 2. The van der Waals surface area contributed by atoms with Gasteiger partial charge in [-0.15, -0.1) is 0 Å². The molecule has 1 saturated carbocycles. The minimum atomic E-state index is -0.251. The number of rotatable bonds is 4. The van der Waals surface area contributed by atoms with Crippen molar-refractivity contribution in [3.05, 3.63) is 54.1 Å². The Labute approximate surface area is 138 Å². The number of nitrogens with one attached hydrogen (secondary N) is 1. The molecule has 0 atom stereocenters. The largest absolute Gasteiger partial charge is 0.507 e. The molecule has 1 heterocycles. The summed E-state index contributed by atoms with van der Waals surface area (Å²) in [5.41, 5.74) is 3.93. The number of benzene rings is 2. The summed E-state index contributed by atoms with van der Waals surface area (Å²) in [6.45, 7) is 3.85. The Balaban J connectivity index is 1.70. The topological polar surface area (TPSA) is 58.6 Å². The number of carbonyl (C=O) groups is 1. The van der Waals surface area contributed by atoms with Gasteiger partial charge in [0.15, 0.2) is 0 Å². The summed E-state index contributed by atoms with van der Waals surface area (Å²) < 4.78 is 12.2. The van der Waals surface area contributed by atoms with E-state index in [0.29, 0.717) is 22.4 Å². The van der Waals surface area contributed by atoms with E-state index >= 15 is 0 Å². The Morgan fingerprint density at radius 2 is 1.92 bits per heavy atom. The van der Waals surface area contributed by atoms with Crippen molar-refractivity contribution < 1.29 is 19.4 Å². The van der Waals surface area contributed by atoms with Crippen LogP contribution in [0.4, 0.5) is 10.2 Å². The first kappa shape index (κ1) is 14.9. The number of phenols is 1. The average molecular weight is 325 g/mol. The summed E-state index contributed by atoms with van der Waals surface area (Å²) in [5.74, 6) is -0.163.